The Morgan fingerprint density at radius 2 is 1.26 bits per heavy atom. The number of carbonyl (C=O) groups excluding carboxylic acids is 2. The Morgan fingerprint density at radius 1 is 0.742 bits per heavy atom. The first-order chi connectivity index (χ1) is 14.8. The van der Waals surface area contributed by atoms with Gasteiger partial charge in [-0.2, -0.15) is 5.10 Å². The Bertz CT molecular complexity index is 913. The van der Waals surface area contributed by atoms with Gasteiger partial charge in [-0.3, -0.25) is 9.59 Å². The van der Waals surface area contributed by atoms with Gasteiger partial charge in [-0.15, -0.1) is 0 Å². The second-order valence-electron chi connectivity index (χ2n) is 9.25. The highest BCUT2D eigenvalue weighted by Crippen LogP contribution is 2.22. The molecule has 0 aromatic heterocycles. The van der Waals surface area contributed by atoms with Crippen molar-refractivity contribution in [3.63, 3.8) is 0 Å². The minimum absolute atomic E-state index is 0.0473. The van der Waals surface area contributed by atoms with Crippen LogP contribution in [0.15, 0.2) is 53.6 Å². The molecule has 2 aromatic carbocycles. The monoisotopic (exact) mass is 419 g/mol. The molecule has 2 aromatic rings. The average Bonchev–Trinajstić information content (AvgIpc) is 2.73. The van der Waals surface area contributed by atoms with Crippen molar-refractivity contribution in [1.29, 1.82) is 0 Å². The van der Waals surface area contributed by atoms with E-state index in [1.165, 1.54) is 24.8 Å². The van der Waals surface area contributed by atoms with Crippen LogP contribution in [0.25, 0.3) is 0 Å². The highest BCUT2D eigenvalue weighted by Gasteiger charge is 2.14. The predicted octanol–water partition coefficient (Wildman–Crippen LogP) is 6.07. The maximum Gasteiger partial charge on any atom is 0.271 e. The Morgan fingerprint density at radius 3 is 1.84 bits per heavy atom. The summed E-state index contributed by atoms with van der Waals surface area (Å²) in [6, 6.07) is 14.5. The molecule has 1 fully saturated rings. The van der Waals surface area contributed by atoms with Crippen molar-refractivity contribution in [1.82, 2.24) is 5.43 Å². The zero-order valence-corrected chi connectivity index (χ0v) is 18.8. The molecule has 0 saturated heterocycles. The Balaban J connectivity index is 1.56. The van der Waals surface area contributed by atoms with Crippen molar-refractivity contribution in [2.75, 3.05) is 5.32 Å². The number of benzene rings is 2. The van der Waals surface area contributed by atoms with E-state index in [0.717, 1.165) is 31.4 Å². The van der Waals surface area contributed by atoms with Crippen LogP contribution >= 0.6 is 0 Å². The molecule has 0 unspecified atom stereocenters. The zero-order chi connectivity index (χ0) is 22.3. The van der Waals surface area contributed by atoms with E-state index < -0.39 is 0 Å². The molecule has 1 aliphatic carbocycles. The molecule has 31 heavy (non-hydrogen) atoms. The van der Waals surface area contributed by atoms with Crippen molar-refractivity contribution in [2.45, 2.75) is 71.1 Å². The summed E-state index contributed by atoms with van der Waals surface area (Å²) in [6.07, 6.45) is 7.97. The molecule has 0 heterocycles. The van der Waals surface area contributed by atoms with Crippen LogP contribution in [0.5, 0.6) is 0 Å². The third-order valence-electron chi connectivity index (χ3n) is 5.66. The van der Waals surface area contributed by atoms with Gasteiger partial charge in [0.25, 0.3) is 11.8 Å². The van der Waals surface area contributed by atoms with E-state index in [0.29, 0.717) is 16.8 Å². The smallest absolute Gasteiger partial charge is 0.271 e. The third-order valence-corrected chi connectivity index (χ3v) is 5.66. The lowest BCUT2D eigenvalue weighted by Crippen LogP contribution is -2.20. The summed E-state index contributed by atoms with van der Waals surface area (Å²) in [5.41, 5.74) is 6.75. The van der Waals surface area contributed by atoms with E-state index in [2.05, 4.69) is 36.6 Å². The lowest BCUT2D eigenvalue weighted by atomic mass is 9.87. The van der Waals surface area contributed by atoms with Gasteiger partial charge in [-0.1, -0.05) is 52.2 Å². The fourth-order valence-electron chi connectivity index (χ4n) is 3.65. The summed E-state index contributed by atoms with van der Waals surface area (Å²) in [6.45, 7) is 6.43. The molecule has 0 spiro atoms. The summed E-state index contributed by atoms with van der Waals surface area (Å²) in [4.78, 5) is 24.9. The highest BCUT2D eigenvalue weighted by atomic mass is 16.2. The Hall–Kier alpha value is -2.95. The van der Waals surface area contributed by atoms with Crippen LogP contribution in [-0.4, -0.2) is 17.5 Å². The first kappa shape index (κ1) is 22.7. The Kier molecular flexibility index (Phi) is 7.61. The number of hydrogen-bond acceptors (Lipinski definition) is 3. The number of amides is 2. The summed E-state index contributed by atoms with van der Waals surface area (Å²) in [5.74, 6) is -0.404. The van der Waals surface area contributed by atoms with Crippen LogP contribution in [-0.2, 0) is 5.41 Å². The number of nitrogens with one attached hydrogen (secondary N) is 2. The van der Waals surface area contributed by atoms with E-state index >= 15 is 0 Å². The predicted molar refractivity (Wildman–Crippen MR) is 127 cm³/mol. The van der Waals surface area contributed by atoms with Crippen LogP contribution in [0, 0.1) is 0 Å². The minimum atomic E-state index is -0.231. The van der Waals surface area contributed by atoms with Gasteiger partial charge in [0.1, 0.15) is 0 Å². The molecule has 1 saturated carbocycles. The van der Waals surface area contributed by atoms with E-state index in [4.69, 9.17) is 0 Å². The molecule has 0 radical (unpaired) electrons. The van der Waals surface area contributed by atoms with Gasteiger partial charge in [0, 0.05) is 22.5 Å². The molecule has 2 amide bonds. The fraction of sp³-hybridized carbons (Fsp3) is 0.423. The van der Waals surface area contributed by atoms with Crippen molar-refractivity contribution in [3.05, 3.63) is 65.2 Å². The van der Waals surface area contributed by atoms with Crippen molar-refractivity contribution in [3.8, 4) is 0 Å². The van der Waals surface area contributed by atoms with Gasteiger partial charge in [0.15, 0.2) is 0 Å². The standard InChI is InChI=1S/C26H33N3O2/c1-26(2,3)21-15-11-19(12-16-21)24(30)27-22-17-13-20(14-18-22)25(31)29-28-23-9-7-5-4-6-8-10-23/h11-18H,4-10H2,1-3H3,(H,27,30)(H,29,31). The van der Waals surface area contributed by atoms with Gasteiger partial charge in [0.2, 0.25) is 0 Å². The summed E-state index contributed by atoms with van der Waals surface area (Å²) in [5, 5.41) is 7.22. The molecule has 5 heteroatoms. The van der Waals surface area contributed by atoms with Crippen LogP contribution in [0.3, 0.4) is 0 Å². The van der Waals surface area contributed by atoms with Crippen molar-refractivity contribution < 1.29 is 9.59 Å². The van der Waals surface area contributed by atoms with E-state index in [1.54, 1.807) is 24.3 Å². The molecular formula is C26H33N3O2. The molecule has 1 aliphatic rings. The number of carbonyl (C=O) groups is 2. The summed E-state index contributed by atoms with van der Waals surface area (Å²) < 4.78 is 0. The topological polar surface area (TPSA) is 70.6 Å². The lowest BCUT2D eigenvalue weighted by molar-refractivity contribution is 0.0954. The van der Waals surface area contributed by atoms with Crippen molar-refractivity contribution >= 4 is 23.2 Å². The maximum absolute atomic E-state index is 12.5. The summed E-state index contributed by atoms with van der Waals surface area (Å²) in [7, 11) is 0. The van der Waals surface area contributed by atoms with Crippen LogP contribution in [0.4, 0.5) is 5.69 Å². The largest absolute Gasteiger partial charge is 0.322 e. The number of anilines is 1. The van der Waals surface area contributed by atoms with E-state index in [-0.39, 0.29) is 17.2 Å². The van der Waals surface area contributed by atoms with Gasteiger partial charge in [-0.25, -0.2) is 5.43 Å². The van der Waals surface area contributed by atoms with Gasteiger partial charge < -0.3 is 5.32 Å². The quantitative estimate of drug-likeness (QED) is 0.591. The number of rotatable bonds is 4. The molecule has 0 bridgehead atoms. The second kappa shape index (κ2) is 10.4. The van der Waals surface area contributed by atoms with Crippen molar-refractivity contribution in [2.24, 2.45) is 5.10 Å². The van der Waals surface area contributed by atoms with E-state index in [1.807, 2.05) is 24.3 Å². The maximum atomic E-state index is 12.5. The van der Waals surface area contributed by atoms with E-state index in [9.17, 15) is 9.59 Å². The SMILES string of the molecule is CC(C)(C)c1ccc(C(=O)Nc2ccc(C(=O)NN=C3CCCCCCC3)cc2)cc1. The molecule has 0 atom stereocenters. The first-order valence-electron chi connectivity index (χ1n) is 11.2. The second-order valence-corrected chi connectivity index (χ2v) is 9.25. The zero-order valence-electron chi connectivity index (χ0n) is 18.8. The van der Waals surface area contributed by atoms with Gasteiger partial charge >= 0.3 is 0 Å². The summed E-state index contributed by atoms with van der Waals surface area (Å²) >= 11 is 0. The minimum Gasteiger partial charge on any atom is -0.322 e. The molecule has 2 N–H and O–H groups in total. The van der Waals surface area contributed by atoms with Gasteiger partial charge in [-0.05, 0) is 73.1 Å². The molecule has 3 rings (SSSR count). The molecule has 0 aliphatic heterocycles. The number of nitrogens with zero attached hydrogens (tertiary/aromatic N) is 1. The molecule has 5 nitrogen and oxygen atoms in total. The van der Waals surface area contributed by atoms with Crippen LogP contribution in [0.2, 0.25) is 0 Å². The lowest BCUT2D eigenvalue weighted by Gasteiger charge is -2.19. The normalized spacial score (nSPS) is 14.9. The molecule has 164 valence electrons. The van der Waals surface area contributed by atoms with Gasteiger partial charge in [0.05, 0.1) is 0 Å². The average molecular weight is 420 g/mol. The Labute approximate surface area is 185 Å². The number of hydrazone groups is 1. The molecular weight excluding hydrogens is 386 g/mol. The van der Waals surface area contributed by atoms with Crippen LogP contribution in [0.1, 0.15) is 92.0 Å². The highest BCUT2D eigenvalue weighted by molar-refractivity contribution is 6.04. The fourth-order valence-corrected chi connectivity index (χ4v) is 3.65. The number of hydrogen-bond donors (Lipinski definition) is 2. The third kappa shape index (κ3) is 6.78. The van der Waals surface area contributed by atoms with Crippen LogP contribution < -0.4 is 10.7 Å². The first-order valence-corrected chi connectivity index (χ1v) is 11.2.